The lowest BCUT2D eigenvalue weighted by Crippen LogP contribution is -2.41. The second-order valence-corrected chi connectivity index (χ2v) is 6.19. The summed E-state index contributed by atoms with van der Waals surface area (Å²) < 4.78 is 5.64. The molecular formula is C17H20ClNO2. The Labute approximate surface area is 130 Å². The molecule has 3 nitrogen and oxygen atoms in total. The summed E-state index contributed by atoms with van der Waals surface area (Å²) in [6.07, 6.45) is 6.19. The van der Waals surface area contributed by atoms with Gasteiger partial charge >= 0.3 is 0 Å². The second-order valence-electron chi connectivity index (χ2n) is 5.75. The average Bonchev–Trinajstić information content (AvgIpc) is 2.44. The zero-order chi connectivity index (χ0) is 15.5. The van der Waals surface area contributed by atoms with E-state index in [9.17, 15) is 4.79 Å². The standard InChI is InChI=1S/C17H20ClNO2/c1-4-17(2,3)19-16(20)8-5-12-9-13-10-14(18)6-7-15(13)21-11-12/h5-10H,4,11H2,1-3H3,(H,19,20)/b8-5+. The highest BCUT2D eigenvalue weighted by Crippen LogP contribution is 2.29. The first-order chi connectivity index (χ1) is 9.89. The van der Waals surface area contributed by atoms with Gasteiger partial charge in [0.1, 0.15) is 12.4 Å². The number of halogens is 1. The number of rotatable bonds is 4. The number of benzene rings is 1. The number of carbonyl (C=O) groups is 1. The van der Waals surface area contributed by atoms with Gasteiger partial charge in [-0.1, -0.05) is 24.6 Å². The number of carbonyl (C=O) groups excluding carboxylic acids is 1. The van der Waals surface area contributed by atoms with Crippen molar-refractivity contribution < 1.29 is 9.53 Å². The van der Waals surface area contributed by atoms with Gasteiger partial charge in [0.25, 0.3) is 0 Å². The third-order valence-corrected chi connectivity index (χ3v) is 3.74. The summed E-state index contributed by atoms with van der Waals surface area (Å²) in [5, 5.41) is 3.63. The molecule has 0 bridgehead atoms. The summed E-state index contributed by atoms with van der Waals surface area (Å²) >= 11 is 5.97. The van der Waals surface area contributed by atoms with Crippen LogP contribution in [0.1, 0.15) is 32.8 Å². The van der Waals surface area contributed by atoms with Crippen LogP contribution in [0.4, 0.5) is 0 Å². The zero-order valence-corrected chi connectivity index (χ0v) is 13.3. The fourth-order valence-corrected chi connectivity index (χ4v) is 2.09. The second kappa shape index (κ2) is 6.35. The van der Waals surface area contributed by atoms with E-state index in [1.54, 1.807) is 18.2 Å². The molecule has 0 atom stereocenters. The average molecular weight is 306 g/mol. The van der Waals surface area contributed by atoms with E-state index in [1.165, 1.54) is 0 Å². The Kier molecular flexibility index (Phi) is 4.73. The van der Waals surface area contributed by atoms with Crippen LogP contribution >= 0.6 is 11.6 Å². The van der Waals surface area contributed by atoms with Crippen molar-refractivity contribution in [1.29, 1.82) is 0 Å². The Morgan fingerprint density at radius 3 is 2.95 bits per heavy atom. The fourth-order valence-electron chi connectivity index (χ4n) is 1.91. The Morgan fingerprint density at radius 2 is 2.24 bits per heavy atom. The summed E-state index contributed by atoms with van der Waals surface area (Å²) in [7, 11) is 0. The Hall–Kier alpha value is -1.74. The summed E-state index contributed by atoms with van der Waals surface area (Å²) in [6.45, 7) is 6.50. The first kappa shape index (κ1) is 15.6. The molecule has 1 aromatic carbocycles. The van der Waals surface area contributed by atoms with Crippen molar-refractivity contribution in [3.8, 4) is 5.75 Å². The van der Waals surface area contributed by atoms with Crippen molar-refractivity contribution in [1.82, 2.24) is 5.32 Å². The van der Waals surface area contributed by atoms with Gasteiger partial charge in [-0.2, -0.15) is 0 Å². The molecule has 21 heavy (non-hydrogen) atoms. The first-order valence-corrected chi connectivity index (χ1v) is 7.40. The molecule has 2 rings (SSSR count). The SMILES string of the molecule is CCC(C)(C)NC(=O)/C=C/C1=Cc2cc(Cl)ccc2OC1. The number of hydrogen-bond donors (Lipinski definition) is 1. The van der Waals surface area contributed by atoms with Gasteiger partial charge in [0, 0.05) is 22.2 Å². The molecule has 1 aromatic rings. The minimum atomic E-state index is -0.195. The van der Waals surface area contributed by atoms with Gasteiger partial charge in [0.15, 0.2) is 0 Å². The Balaban J connectivity index is 2.07. The number of fused-ring (bicyclic) bond motifs is 1. The predicted molar refractivity (Wildman–Crippen MR) is 86.6 cm³/mol. The van der Waals surface area contributed by atoms with Crippen molar-refractivity contribution in [2.24, 2.45) is 0 Å². The minimum Gasteiger partial charge on any atom is -0.488 e. The number of hydrogen-bond acceptors (Lipinski definition) is 2. The third kappa shape index (κ3) is 4.36. The van der Waals surface area contributed by atoms with Crippen LogP contribution in [0.15, 0.2) is 35.9 Å². The monoisotopic (exact) mass is 305 g/mol. The van der Waals surface area contributed by atoms with Crippen LogP contribution in [0.3, 0.4) is 0 Å². The molecule has 0 saturated carbocycles. The highest BCUT2D eigenvalue weighted by Gasteiger charge is 2.16. The molecule has 0 fully saturated rings. The fraction of sp³-hybridized carbons (Fsp3) is 0.353. The van der Waals surface area contributed by atoms with Gasteiger partial charge in [0.2, 0.25) is 5.91 Å². The van der Waals surface area contributed by atoms with Crippen LogP contribution in [-0.2, 0) is 4.79 Å². The highest BCUT2D eigenvalue weighted by atomic mass is 35.5. The molecule has 4 heteroatoms. The van der Waals surface area contributed by atoms with E-state index in [1.807, 2.05) is 39.0 Å². The van der Waals surface area contributed by atoms with Crippen molar-refractivity contribution in [3.63, 3.8) is 0 Å². The predicted octanol–water partition coefficient (Wildman–Crippen LogP) is 3.98. The van der Waals surface area contributed by atoms with E-state index in [2.05, 4.69) is 5.32 Å². The van der Waals surface area contributed by atoms with Crippen molar-refractivity contribution in [3.05, 3.63) is 46.5 Å². The normalized spacial score (nSPS) is 14.4. The van der Waals surface area contributed by atoms with Crippen molar-refractivity contribution in [2.45, 2.75) is 32.7 Å². The quantitative estimate of drug-likeness (QED) is 0.855. The molecule has 0 spiro atoms. The van der Waals surface area contributed by atoms with Crippen LogP contribution in [0.25, 0.3) is 6.08 Å². The zero-order valence-electron chi connectivity index (χ0n) is 12.6. The summed E-state index contributed by atoms with van der Waals surface area (Å²) in [5.74, 6) is 0.716. The smallest absolute Gasteiger partial charge is 0.244 e. The van der Waals surface area contributed by atoms with E-state index in [0.717, 1.165) is 23.3 Å². The Bertz CT molecular complexity index is 603. The maximum atomic E-state index is 11.9. The molecule has 1 aliphatic rings. The van der Waals surface area contributed by atoms with Crippen molar-refractivity contribution >= 4 is 23.6 Å². The lowest BCUT2D eigenvalue weighted by atomic mass is 10.0. The van der Waals surface area contributed by atoms with Crippen LogP contribution in [0.5, 0.6) is 5.75 Å². The largest absolute Gasteiger partial charge is 0.488 e. The van der Waals surface area contributed by atoms with Gasteiger partial charge in [-0.15, -0.1) is 0 Å². The van der Waals surface area contributed by atoms with Crippen LogP contribution < -0.4 is 10.1 Å². The van der Waals surface area contributed by atoms with E-state index < -0.39 is 0 Å². The first-order valence-electron chi connectivity index (χ1n) is 7.03. The summed E-state index contributed by atoms with van der Waals surface area (Å²) in [6, 6.07) is 5.50. The number of nitrogens with one attached hydrogen (secondary N) is 1. The molecule has 0 unspecified atom stereocenters. The minimum absolute atomic E-state index is 0.0976. The van der Waals surface area contributed by atoms with Gasteiger partial charge in [0.05, 0.1) is 0 Å². The molecule has 0 saturated heterocycles. The molecular weight excluding hydrogens is 286 g/mol. The molecule has 0 radical (unpaired) electrons. The van der Waals surface area contributed by atoms with Crippen molar-refractivity contribution in [2.75, 3.05) is 6.61 Å². The molecule has 1 aliphatic heterocycles. The van der Waals surface area contributed by atoms with Gasteiger partial charge < -0.3 is 10.1 Å². The maximum absolute atomic E-state index is 11.9. The number of amides is 1. The molecule has 112 valence electrons. The van der Waals surface area contributed by atoms with Gasteiger partial charge in [-0.05, 0) is 50.1 Å². The Morgan fingerprint density at radius 1 is 1.48 bits per heavy atom. The lowest BCUT2D eigenvalue weighted by Gasteiger charge is -2.23. The molecule has 1 amide bonds. The molecule has 0 aromatic heterocycles. The van der Waals surface area contributed by atoms with E-state index in [4.69, 9.17) is 16.3 Å². The maximum Gasteiger partial charge on any atom is 0.244 e. The van der Waals surface area contributed by atoms with E-state index in [-0.39, 0.29) is 11.4 Å². The molecule has 1 N–H and O–H groups in total. The third-order valence-electron chi connectivity index (χ3n) is 3.50. The number of ether oxygens (including phenoxy) is 1. The summed E-state index contributed by atoms with van der Waals surface area (Å²) in [5.41, 5.74) is 1.68. The van der Waals surface area contributed by atoms with E-state index in [0.29, 0.717) is 11.6 Å². The van der Waals surface area contributed by atoms with Gasteiger partial charge in [-0.25, -0.2) is 0 Å². The van der Waals surface area contributed by atoms with E-state index >= 15 is 0 Å². The lowest BCUT2D eigenvalue weighted by molar-refractivity contribution is -0.118. The highest BCUT2D eigenvalue weighted by molar-refractivity contribution is 6.30. The molecule has 1 heterocycles. The van der Waals surface area contributed by atoms with Crippen LogP contribution in [-0.4, -0.2) is 18.1 Å². The summed E-state index contributed by atoms with van der Waals surface area (Å²) in [4.78, 5) is 11.9. The topological polar surface area (TPSA) is 38.3 Å². The molecule has 0 aliphatic carbocycles. The van der Waals surface area contributed by atoms with Crippen LogP contribution in [0.2, 0.25) is 5.02 Å². The van der Waals surface area contributed by atoms with Crippen LogP contribution in [0, 0.1) is 0 Å². The van der Waals surface area contributed by atoms with Gasteiger partial charge in [-0.3, -0.25) is 4.79 Å².